The Bertz CT molecular complexity index is 522. The first kappa shape index (κ1) is 18.8. The molecular formula is C18H27FN2O3. The van der Waals surface area contributed by atoms with Crippen LogP contribution in [-0.2, 0) is 9.53 Å². The van der Waals surface area contributed by atoms with Crippen LogP contribution in [0.4, 0.5) is 4.39 Å². The number of morpholine rings is 1. The van der Waals surface area contributed by atoms with Gasteiger partial charge in [0.15, 0.2) is 0 Å². The van der Waals surface area contributed by atoms with Crippen LogP contribution in [0.5, 0.6) is 0 Å². The Balaban J connectivity index is 1.85. The van der Waals surface area contributed by atoms with E-state index in [2.05, 4.69) is 24.1 Å². The Hall–Kier alpha value is -1.50. The van der Waals surface area contributed by atoms with Gasteiger partial charge >= 0.3 is 0 Å². The smallest absolute Gasteiger partial charge is 0.229 e. The number of carbonyl (C=O) groups is 1. The molecule has 1 aromatic carbocycles. The summed E-state index contributed by atoms with van der Waals surface area (Å²) in [6.45, 7) is 7.84. The van der Waals surface area contributed by atoms with Gasteiger partial charge in [0.1, 0.15) is 5.82 Å². The fourth-order valence-electron chi connectivity index (χ4n) is 2.96. The van der Waals surface area contributed by atoms with Crippen molar-refractivity contribution in [2.75, 3.05) is 39.4 Å². The molecule has 2 N–H and O–H groups in total. The van der Waals surface area contributed by atoms with Gasteiger partial charge in [-0.25, -0.2) is 4.39 Å². The van der Waals surface area contributed by atoms with Crippen molar-refractivity contribution in [1.29, 1.82) is 0 Å². The van der Waals surface area contributed by atoms with Crippen LogP contribution in [0.1, 0.15) is 25.3 Å². The van der Waals surface area contributed by atoms with E-state index in [0.29, 0.717) is 24.6 Å². The highest BCUT2D eigenvalue weighted by molar-refractivity contribution is 5.83. The molecule has 2 rings (SSSR count). The summed E-state index contributed by atoms with van der Waals surface area (Å²) < 4.78 is 18.7. The largest absolute Gasteiger partial charge is 0.395 e. The number of aliphatic hydroxyl groups is 1. The van der Waals surface area contributed by atoms with Crippen LogP contribution in [0.3, 0.4) is 0 Å². The number of hydrogen-bond donors (Lipinski definition) is 2. The lowest BCUT2D eigenvalue weighted by atomic mass is 9.99. The molecule has 2 atom stereocenters. The SMILES string of the molecule is CC(C)CN1CCO[C@H](CNC(=O)[C@H](CO)c2ccc(F)cc2)C1. The number of benzene rings is 1. The van der Waals surface area contributed by atoms with Crippen LogP contribution >= 0.6 is 0 Å². The van der Waals surface area contributed by atoms with E-state index in [-0.39, 0.29) is 24.4 Å². The number of ether oxygens (including phenoxy) is 1. The van der Waals surface area contributed by atoms with E-state index in [0.717, 1.165) is 19.6 Å². The first-order valence-corrected chi connectivity index (χ1v) is 8.47. The van der Waals surface area contributed by atoms with Gasteiger partial charge < -0.3 is 15.2 Å². The number of halogens is 1. The van der Waals surface area contributed by atoms with Crippen molar-refractivity contribution in [3.63, 3.8) is 0 Å². The molecule has 0 aromatic heterocycles. The number of nitrogens with one attached hydrogen (secondary N) is 1. The van der Waals surface area contributed by atoms with Crippen molar-refractivity contribution in [2.24, 2.45) is 5.92 Å². The minimum atomic E-state index is -0.694. The maximum atomic E-state index is 13.0. The normalized spacial score (nSPS) is 20.1. The van der Waals surface area contributed by atoms with Gasteiger partial charge in [0.25, 0.3) is 0 Å². The molecule has 1 heterocycles. The summed E-state index contributed by atoms with van der Waals surface area (Å²) in [6, 6.07) is 5.63. The molecule has 0 bridgehead atoms. The number of hydrogen-bond acceptors (Lipinski definition) is 4. The number of nitrogens with zero attached hydrogens (tertiary/aromatic N) is 1. The van der Waals surface area contributed by atoms with Gasteiger partial charge in [0.2, 0.25) is 5.91 Å². The first-order valence-electron chi connectivity index (χ1n) is 8.47. The van der Waals surface area contributed by atoms with Gasteiger partial charge in [-0.3, -0.25) is 9.69 Å². The molecule has 6 heteroatoms. The Morgan fingerprint density at radius 3 is 2.75 bits per heavy atom. The van der Waals surface area contributed by atoms with Crippen molar-refractivity contribution in [1.82, 2.24) is 10.2 Å². The third-order valence-electron chi connectivity index (χ3n) is 4.12. The molecule has 134 valence electrons. The van der Waals surface area contributed by atoms with Crippen LogP contribution < -0.4 is 5.32 Å². The van der Waals surface area contributed by atoms with Gasteiger partial charge in [-0.1, -0.05) is 26.0 Å². The molecule has 0 saturated carbocycles. The maximum Gasteiger partial charge on any atom is 0.229 e. The first-order chi connectivity index (χ1) is 11.5. The Morgan fingerprint density at radius 1 is 1.42 bits per heavy atom. The van der Waals surface area contributed by atoms with Crippen molar-refractivity contribution < 1.29 is 19.0 Å². The average molecular weight is 338 g/mol. The fraction of sp³-hybridized carbons (Fsp3) is 0.611. The van der Waals surface area contributed by atoms with Gasteiger partial charge in [0, 0.05) is 26.2 Å². The summed E-state index contributed by atoms with van der Waals surface area (Å²) in [7, 11) is 0. The minimum Gasteiger partial charge on any atom is -0.395 e. The second-order valence-electron chi connectivity index (χ2n) is 6.68. The minimum absolute atomic E-state index is 0.0472. The summed E-state index contributed by atoms with van der Waals surface area (Å²) in [5.74, 6) is -0.734. The highest BCUT2D eigenvalue weighted by atomic mass is 19.1. The van der Waals surface area contributed by atoms with Gasteiger partial charge in [-0.2, -0.15) is 0 Å². The van der Waals surface area contributed by atoms with Crippen LogP contribution in [0, 0.1) is 11.7 Å². The number of aliphatic hydroxyl groups excluding tert-OH is 1. The molecule has 24 heavy (non-hydrogen) atoms. The van der Waals surface area contributed by atoms with E-state index in [1.807, 2.05) is 0 Å². The Morgan fingerprint density at radius 2 is 2.12 bits per heavy atom. The molecular weight excluding hydrogens is 311 g/mol. The summed E-state index contributed by atoms with van der Waals surface area (Å²) in [4.78, 5) is 14.7. The third-order valence-corrected chi connectivity index (χ3v) is 4.12. The molecule has 0 spiro atoms. The number of carbonyl (C=O) groups excluding carboxylic acids is 1. The lowest BCUT2D eigenvalue weighted by molar-refractivity contribution is -0.124. The van der Waals surface area contributed by atoms with E-state index in [4.69, 9.17) is 4.74 Å². The average Bonchev–Trinajstić information content (AvgIpc) is 2.55. The van der Waals surface area contributed by atoms with Crippen molar-refractivity contribution in [2.45, 2.75) is 25.9 Å². The van der Waals surface area contributed by atoms with Crippen molar-refractivity contribution in [3.8, 4) is 0 Å². The summed E-state index contributed by atoms with van der Waals surface area (Å²) in [5, 5.41) is 12.3. The summed E-state index contributed by atoms with van der Waals surface area (Å²) in [5.41, 5.74) is 0.599. The van der Waals surface area contributed by atoms with Crippen LogP contribution in [0.25, 0.3) is 0 Å². The Kier molecular flexibility index (Phi) is 7.15. The molecule has 1 fully saturated rings. The monoisotopic (exact) mass is 338 g/mol. The quantitative estimate of drug-likeness (QED) is 0.788. The molecule has 1 aromatic rings. The van der Waals surface area contributed by atoms with Gasteiger partial charge in [-0.05, 0) is 23.6 Å². The number of rotatable bonds is 7. The zero-order chi connectivity index (χ0) is 17.5. The van der Waals surface area contributed by atoms with Gasteiger partial charge in [0.05, 0.1) is 25.2 Å². The predicted molar refractivity (Wildman–Crippen MR) is 90.3 cm³/mol. The summed E-state index contributed by atoms with van der Waals surface area (Å²) >= 11 is 0. The molecule has 0 aliphatic carbocycles. The molecule has 1 saturated heterocycles. The van der Waals surface area contributed by atoms with Crippen LogP contribution in [-0.4, -0.2) is 61.4 Å². The lowest BCUT2D eigenvalue weighted by Crippen LogP contribution is -2.49. The van der Waals surface area contributed by atoms with E-state index < -0.39 is 5.92 Å². The molecule has 1 amide bonds. The van der Waals surface area contributed by atoms with Crippen LogP contribution in [0.2, 0.25) is 0 Å². The van der Waals surface area contributed by atoms with Gasteiger partial charge in [-0.15, -0.1) is 0 Å². The maximum absolute atomic E-state index is 13.0. The van der Waals surface area contributed by atoms with E-state index in [9.17, 15) is 14.3 Å². The van der Waals surface area contributed by atoms with Crippen molar-refractivity contribution in [3.05, 3.63) is 35.6 Å². The Labute approximate surface area is 142 Å². The molecule has 0 unspecified atom stereocenters. The third kappa shape index (κ3) is 5.54. The zero-order valence-corrected chi connectivity index (χ0v) is 14.4. The number of amides is 1. The topological polar surface area (TPSA) is 61.8 Å². The standard InChI is InChI=1S/C18H27FN2O3/c1-13(2)10-21-7-8-24-16(11-21)9-20-18(23)17(12-22)14-3-5-15(19)6-4-14/h3-6,13,16-17,22H,7-12H2,1-2H3,(H,20,23)/t16-,17-/m1/s1. The molecule has 1 aliphatic rings. The van der Waals surface area contributed by atoms with Crippen LogP contribution in [0.15, 0.2) is 24.3 Å². The van der Waals surface area contributed by atoms with Crippen molar-refractivity contribution >= 4 is 5.91 Å². The second kappa shape index (κ2) is 9.11. The summed E-state index contributed by atoms with van der Waals surface area (Å²) in [6.07, 6.45) is -0.0472. The molecule has 0 radical (unpaired) electrons. The molecule has 1 aliphatic heterocycles. The fourth-order valence-corrected chi connectivity index (χ4v) is 2.96. The predicted octanol–water partition coefficient (Wildman–Crippen LogP) is 1.37. The highest BCUT2D eigenvalue weighted by Crippen LogP contribution is 2.16. The van der Waals surface area contributed by atoms with E-state index >= 15 is 0 Å². The van der Waals surface area contributed by atoms with E-state index in [1.165, 1.54) is 24.3 Å². The highest BCUT2D eigenvalue weighted by Gasteiger charge is 2.24. The van der Waals surface area contributed by atoms with E-state index in [1.54, 1.807) is 0 Å². The zero-order valence-electron chi connectivity index (χ0n) is 14.4. The molecule has 5 nitrogen and oxygen atoms in total. The lowest BCUT2D eigenvalue weighted by Gasteiger charge is -2.34. The second-order valence-corrected chi connectivity index (χ2v) is 6.68.